The Kier molecular flexibility index (Phi) is 4.49. The van der Waals surface area contributed by atoms with Crippen LogP contribution in [0, 0.1) is 59.2 Å². The number of amides is 2. The third-order valence-electron chi connectivity index (χ3n) is 10.5. The summed E-state index contributed by atoms with van der Waals surface area (Å²) < 4.78 is 0. The van der Waals surface area contributed by atoms with Crippen molar-refractivity contribution in [3.63, 3.8) is 0 Å². The average molecular weight is 433 g/mol. The Morgan fingerprint density at radius 3 is 1.06 bits per heavy atom. The molecule has 8 bridgehead atoms. The van der Waals surface area contributed by atoms with Crippen LogP contribution in [0.1, 0.15) is 64.2 Å². The monoisotopic (exact) mass is 432 g/mol. The first-order valence-corrected chi connectivity index (χ1v) is 13.3. The zero-order chi connectivity index (χ0) is 21.4. The van der Waals surface area contributed by atoms with Crippen molar-refractivity contribution in [2.45, 2.75) is 64.2 Å². The lowest BCUT2D eigenvalue weighted by atomic mass is 9.51. The van der Waals surface area contributed by atoms with E-state index in [0.717, 1.165) is 35.0 Å². The fourth-order valence-corrected chi connectivity index (χ4v) is 9.79. The summed E-state index contributed by atoms with van der Waals surface area (Å²) in [5, 5.41) is 6.41. The molecule has 0 saturated heterocycles. The summed E-state index contributed by atoms with van der Waals surface area (Å²) in [6.45, 7) is 0. The van der Waals surface area contributed by atoms with Gasteiger partial charge in [0.2, 0.25) is 11.8 Å². The van der Waals surface area contributed by atoms with Crippen LogP contribution in [0.2, 0.25) is 0 Å². The highest BCUT2D eigenvalue weighted by Gasteiger charge is 2.51. The first-order valence-electron chi connectivity index (χ1n) is 13.3. The number of carbonyl (C=O) groups excluding carboxylic acids is 2. The molecule has 0 aromatic heterocycles. The minimum absolute atomic E-state index is 0.208. The molecule has 2 N–H and O–H groups in total. The summed E-state index contributed by atoms with van der Waals surface area (Å²) in [5.41, 5.74) is 1.72. The van der Waals surface area contributed by atoms with Gasteiger partial charge in [-0.3, -0.25) is 9.59 Å². The molecule has 9 rings (SSSR count). The fraction of sp³-hybridized carbons (Fsp3) is 0.714. The van der Waals surface area contributed by atoms with Crippen LogP contribution in [0.25, 0.3) is 0 Å². The van der Waals surface area contributed by atoms with Gasteiger partial charge in [0.05, 0.1) is 0 Å². The summed E-state index contributed by atoms with van der Waals surface area (Å²) >= 11 is 0. The highest BCUT2D eigenvalue weighted by atomic mass is 16.2. The molecule has 32 heavy (non-hydrogen) atoms. The molecule has 0 radical (unpaired) electrons. The molecule has 8 saturated carbocycles. The van der Waals surface area contributed by atoms with Crippen LogP contribution < -0.4 is 10.6 Å². The Bertz CT molecular complexity index is 791. The van der Waals surface area contributed by atoms with E-state index in [0.29, 0.717) is 23.7 Å². The van der Waals surface area contributed by atoms with Gasteiger partial charge in [0.25, 0.3) is 0 Å². The average Bonchev–Trinajstić information content (AvgIpc) is 2.73. The molecule has 0 spiro atoms. The number of carbonyl (C=O) groups is 2. The Balaban J connectivity index is 0.987. The van der Waals surface area contributed by atoms with Gasteiger partial charge in [-0.1, -0.05) is 0 Å². The number of hydrogen-bond acceptors (Lipinski definition) is 2. The first kappa shape index (κ1) is 19.6. The Morgan fingerprint density at radius 1 is 0.500 bits per heavy atom. The van der Waals surface area contributed by atoms with Gasteiger partial charge in [-0.05, 0) is 136 Å². The second-order valence-electron chi connectivity index (χ2n) is 12.5. The highest BCUT2D eigenvalue weighted by molar-refractivity contribution is 5.95. The second kappa shape index (κ2) is 7.33. The van der Waals surface area contributed by atoms with Crippen molar-refractivity contribution < 1.29 is 9.59 Å². The van der Waals surface area contributed by atoms with Crippen molar-refractivity contribution in [2.75, 3.05) is 10.6 Å². The smallest absolute Gasteiger partial charge is 0.228 e. The third-order valence-corrected chi connectivity index (χ3v) is 10.5. The van der Waals surface area contributed by atoms with E-state index in [1.54, 1.807) is 0 Å². The standard InChI is InChI=1S/C28H36N2O2/c31-27(25-19-7-15-5-16(9-19)10-20(25)8-15)29-23-1-2-24(4-3-23)30-28(32)26-21-11-17-6-18(13-21)14-22(26)12-17/h1-4,15-22,25-26H,5-14H2,(H,29,31)(H,30,32). The van der Waals surface area contributed by atoms with E-state index in [9.17, 15) is 9.59 Å². The summed E-state index contributed by atoms with van der Waals surface area (Å²) in [4.78, 5) is 26.3. The normalized spacial score (nSPS) is 45.1. The quantitative estimate of drug-likeness (QED) is 0.640. The molecule has 8 aliphatic rings. The summed E-state index contributed by atoms with van der Waals surface area (Å²) in [6, 6.07) is 7.84. The second-order valence-corrected chi connectivity index (χ2v) is 12.5. The molecule has 2 amide bonds. The van der Waals surface area contributed by atoms with Crippen LogP contribution >= 0.6 is 0 Å². The predicted octanol–water partition coefficient (Wildman–Crippen LogP) is 5.71. The van der Waals surface area contributed by atoms with E-state index in [1.807, 2.05) is 24.3 Å². The first-order chi connectivity index (χ1) is 15.6. The van der Waals surface area contributed by atoms with Crippen LogP contribution in [0.3, 0.4) is 0 Å². The van der Waals surface area contributed by atoms with Crippen molar-refractivity contribution in [1.29, 1.82) is 0 Å². The molecule has 4 heteroatoms. The number of anilines is 2. The van der Waals surface area contributed by atoms with Gasteiger partial charge >= 0.3 is 0 Å². The largest absolute Gasteiger partial charge is 0.326 e. The minimum atomic E-state index is 0.208. The van der Waals surface area contributed by atoms with Crippen molar-refractivity contribution in [2.24, 2.45) is 59.2 Å². The molecule has 1 aromatic rings. The lowest BCUT2D eigenvalue weighted by Gasteiger charge is -2.53. The molecule has 0 aliphatic heterocycles. The van der Waals surface area contributed by atoms with Gasteiger partial charge < -0.3 is 10.6 Å². The molecule has 8 aliphatic carbocycles. The Morgan fingerprint density at radius 2 is 0.781 bits per heavy atom. The Hall–Kier alpha value is -1.84. The molecule has 8 fully saturated rings. The molecule has 4 nitrogen and oxygen atoms in total. The molecular formula is C28H36N2O2. The Labute approximate surface area is 191 Å². The van der Waals surface area contributed by atoms with Gasteiger partial charge in [-0.2, -0.15) is 0 Å². The fourth-order valence-electron chi connectivity index (χ4n) is 9.79. The van der Waals surface area contributed by atoms with E-state index >= 15 is 0 Å². The van der Waals surface area contributed by atoms with Crippen molar-refractivity contribution in [3.05, 3.63) is 24.3 Å². The van der Waals surface area contributed by atoms with E-state index in [1.165, 1.54) is 64.2 Å². The van der Waals surface area contributed by atoms with Gasteiger partial charge in [0, 0.05) is 23.2 Å². The van der Waals surface area contributed by atoms with Gasteiger partial charge in [0.15, 0.2) is 0 Å². The van der Waals surface area contributed by atoms with E-state index in [2.05, 4.69) is 10.6 Å². The zero-order valence-electron chi connectivity index (χ0n) is 19.0. The van der Waals surface area contributed by atoms with E-state index in [-0.39, 0.29) is 23.7 Å². The minimum Gasteiger partial charge on any atom is -0.326 e. The summed E-state index contributed by atoms with van der Waals surface area (Å²) in [5.74, 6) is 6.83. The maximum Gasteiger partial charge on any atom is 0.228 e. The van der Waals surface area contributed by atoms with Gasteiger partial charge in [-0.25, -0.2) is 0 Å². The van der Waals surface area contributed by atoms with Crippen molar-refractivity contribution in [1.82, 2.24) is 0 Å². The van der Waals surface area contributed by atoms with Crippen LogP contribution in [0.5, 0.6) is 0 Å². The number of nitrogens with one attached hydrogen (secondary N) is 2. The number of rotatable bonds is 4. The maximum atomic E-state index is 13.1. The molecule has 0 heterocycles. The molecule has 0 atom stereocenters. The van der Waals surface area contributed by atoms with Crippen molar-refractivity contribution in [3.8, 4) is 0 Å². The lowest BCUT2D eigenvalue weighted by molar-refractivity contribution is -0.133. The van der Waals surface area contributed by atoms with E-state index in [4.69, 9.17) is 0 Å². The number of benzene rings is 1. The predicted molar refractivity (Wildman–Crippen MR) is 125 cm³/mol. The molecular weight excluding hydrogens is 396 g/mol. The maximum absolute atomic E-state index is 13.1. The van der Waals surface area contributed by atoms with E-state index < -0.39 is 0 Å². The van der Waals surface area contributed by atoms with Crippen LogP contribution in [0.15, 0.2) is 24.3 Å². The van der Waals surface area contributed by atoms with Crippen LogP contribution in [0.4, 0.5) is 11.4 Å². The zero-order valence-corrected chi connectivity index (χ0v) is 19.0. The van der Waals surface area contributed by atoms with Crippen LogP contribution in [-0.2, 0) is 9.59 Å². The SMILES string of the molecule is O=C(Nc1ccc(NC(=O)C2C3CC4CC(C3)CC2C4)cc1)C1C2CC3CC(C2)CC1C3. The topological polar surface area (TPSA) is 58.2 Å². The molecule has 0 unspecified atom stereocenters. The molecule has 170 valence electrons. The van der Waals surface area contributed by atoms with Crippen LogP contribution in [-0.4, -0.2) is 11.8 Å². The van der Waals surface area contributed by atoms with Gasteiger partial charge in [0.1, 0.15) is 0 Å². The number of hydrogen-bond donors (Lipinski definition) is 2. The molecule has 1 aromatic carbocycles. The summed E-state index contributed by atoms with van der Waals surface area (Å²) in [6.07, 6.45) is 12.9. The van der Waals surface area contributed by atoms with Gasteiger partial charge in [-0.15, -0.1) is 0 Å². The summed E-state index contributed by atoms with van der Waals surface area (Å²) in [7, 11) is 0. The lowest BCUT2D eigenvalue weighted by Crippen LogP contribution is -2.49. The van der Waals surface area contributed by atoms with Crippen molar-refractivity contribution >= 4 is 23.2 Å². The third kappa shape index (κ3) is 3.23. The highest BCUT2D eigenvalue weighted by Crippen LogP contribution is 2.57.